The molecule has 0 bridgehead atoms. The highest BCUT2D eigenvalue weighted by atomic mass is 19.4. The van der Waals surface area contributed by atoms with Gasteiger partial charge in [0.15, 0.2) is 0 Å². The molecule has 0 saturated carbocycles. The van der Waals surface area contributed by atoms with Gasteiger partial charge >= 0.3 is 6.18 Å². The van der Waals surface area contributed by atoms with Crippen molar-refractivity contribution in [1.82, 2.24) is 0 Å². The van der Waals surface area contributed by atoms with Gasteiger partial charge in [0.2, 0.25) is 0 Å². The molecule has 0 spiro atoms. The lowest BCUT2D eigenvalue weighted by molar-refractivity contribution is -0.137. The molecule has 54 heavy (non-hydrogen) atoms. The number of para-hydroxylation sites is 1. The van der Waals surface area contributed by atoms with E-state index in [9.17, 15) is 13.2 Å². The second-order valence-electron chi connectivity index (χ2n) is 13.6. The summed E-state index contributed by atoms with van der Waals surface area (Å²) in [6.45, 7) is 0. The predicted molar refractivity (Wildman–Crippen MR) is 214 cm³/mol. The fourth-order valence-electron chi connectivity index (χ4n) is 8.18. The van der Waals surface area contributed by atoms with Gasteiger partial charge in [0.1, 0.15) is 0 Å². The standard InChI is InChI=1S/C50H34F3N/c51-50(52,53)40-28-26-39(27-29-40)49(38-18-8-3-9-19-38)46-22-12-10-21-44(46)45-33-32-42(34-47(45)49)54(41-30-24-36(25-31-41)35-14-4-1-5-15-35)48-23-13-11-20-43(48)37-16-6-2-7-17-37/h1-34H. The number of alkyl halides is 3. The average Bonchev–Trinajstić information content (AvgIpc) is 3.52. The first-order chi connectivity index (χ1) is 26.4. The van der Waals surface area contributed by atoms with Gasteiger partial charge in [-0.25, -0.2) is 0 Å². The second kappa shape index (κ2) is 13.4. The highest BCUT2D eigenvalue weighted by molar-refractivity contribution is 5.92. The molecule has 0 saturated heterocycles. The van der Waals surface area contributed by atoms with Crippen LogP contribution in [-0.2, 0) is 11.6 Å². The smallest absolute Gasteiger partial charge is 0.310 e. The quantitative estimate of drug-likeness (QED) is 0.160. The lowest BCUT2D eigenvalue weighted by atomic mass is 9.67. The van der Waals surface area contributed by atoms with Crippen LogP contribution in [0, 0.1) is 0 Å². The molecule has 9 rings (SSSR count). The first kappa shape index (κ1) is 33.2. The van der Waals surface area contributed by atoms with E-state index in [1.807, 2.05) is 54.6 Å². The molecule has 1 aliphatic carbocycles. The molecule has 0 fully saturated rings. The largest absolute Gasteiger partial charge is 0.416 e. The van der Waals surface area contributed by atoms with Crippen LogP contribution in [0.25, 0.3) is 33.4 Å². The van der Waals surface area contributed by atoms with E-state index in [2.05, 4.69) is 132 Å². The van der Waals surface area contributed by atoms with Crippen LogP contribution < -0.4 is 4.90 Å². The molecule has 0 radical (unpaired) electrons. The van der Waals surface area contributed by atoms with Crippen LogP contribution in [0.3, 0.4) is 0 Å². The van der Waals surface area contributed by atoms with Crippen molar-refractivity contribution in [3.05, 3.63) is 234 Å². The summed E-state index contributed by atoms with van der Waals surface area (Å²) in [6.07, 6.45) is -4.44. The normalized spacial score (nSPS) is 14.6. The topological polar surface area (TPSA) is 3.24 Å². The molecule has 0 aromatic heterocycles. The highest BCUT2D eigenvalue weighted by Gasteiger charge is 2.46. The molecule has 0 heterocycles. The lowest BCUT2D eigenvalue weighted by Gasteiger charge is -2.35. The lowest BCUT2D eigenvalue weighted by Crippen LogP contribution is -2.29. The molecule has 1 aliphatic rings. The summed E-state index contributed by atoms with van der Waals surface area (Å²) in [5, 5.41) is 0. The number of benzene rings is 8. The third-order valence-corrected chi connectivity index (χ3v) is 10.6. The van der Waals surface area contributed by atoms with Crippen molar-refractivity contribution in [2.45, 2.75) is 11.6 Å². The van der Waals surface area contributed by atoms with Crippen LogP contribution in [0.1, 0.15) is 27.8 Å². The van der Waals surface area contributed by atoms with Gasteiger partial charge in [-0.15, -0.1) is 0 Å². The van der Waals surface area contributed by atoms with Gasteiger partial charge in [-0.05, 0) is 92.5 Å². The zero-order chi connectivity index (χ0) is 36.7. The van der Waals surface area contributed by atoms with E-state index >= 15 is 0 Å². The monoisotopic (exact) mass is 705 g/mol. The summed E-state index contributed by atoms with van der Waals surface area (Å²) < 4.78 is 41.8. The zero-order valence-electron chi connectivity index (χ0n) is 29.2. The van der Waals surface area contributed by atoms with Crippen molar-refractivity contribution < 1.29 is 13.2 Å². The van der Waals surface area contributed by atoms with E-state index in [4.69, 9.17) is 0 Å². The Morgan fingerprint density at radius 3 is 1.54 bits per heavy atom. The van der Waals surface area contributed by atoms with Gasteiger partial charge in [0.05, 0.1) is 16.7 Å². The molecule has 0 N–H and O–H groups in total. The van der Waals surface area contributed by atoms with Gasteiger partial charge in [-0.2, -0.15) is 13.2 Å². The minimum atomic E-state index is -4.44. The number of halogens is 3. The highest BCUT2D eigenvalue weighted by Crippen LogP contribution is 2.57. The number of fused-ring (bicyclic) bond motifs is 3. The van der Waals surface area contributed by atoms with Crippen molar-refractivity contribution in [1.29, 1.82) is 0 Å². The van der Waals surface area contributed by atoms with Gasteiger partial charge in [-0.3, -0.25) is 0 Å². The second-order valence-corrected chi connectivity index (χ2v) is 13.6. The van der Waals surface area contributed by atoms with E-state index in [1.54, 1.807) is 12.1 Å². The summed E-state index contributed by atoms with van der Waals surface area (Å²) in [4.78, 5) is 2.29. The SMILES string of the molecule is FC(F)(F)c1ccc(C2(c3ccccc3)c3ccccc3-c3ccc(N(c4ccc(-c5ccccc5)cc4)c4ccccc4-c4ccccc4)cc32)cc1. The minimum Gasteiger partial charge on any atom is -0.310 e. The third-order valence-electron chi connectivity index (χ3n) is 10.6. The van der Waals surface area contributed by atoms with Crippen molar-refractivity contribution >= 4 is 17.1 Å². The van der Waals surface area contributed by atoms with E-state index in [1.165, 1.54) is 12.1 Å². The summed E-state index contributed by atoms with van der Waals surface area (Å²) in [6, 6.07) is 68.5. The van der Waals surface area contributed by atoms with Gasteiger partial charge in [0, 0.05) is 16.9 Å². The van der Waals surface area contributed by atoms with Crippen LogP contribution in [0.4, 0.5) is 30.2 Å². The molecule has 1 unspecified atom stereocenters. The first-order valence-electron chi connectivity index (χ1n) is 18.0. The Labute approximate surface area is 313 Å². The van der Waals surface area contributed by atoms with Crippen LogP contribution in [0.5, 0.6) is 0 Å². The fourth-order valence-corrected chi connectivity index (χ4v) is 8.18. The third kappa shape index (κ3) is 5.59. The molecular formula is C50H34F3N. The summed E-state index contributed by atoms with van der Waals surface area (Å²) in [5.74, 6) is 0. The Kier molecular flexibility index (Phi) is 8.24. The van der Waals surface area contributed by atoms with Gasteiger partial charge in [-0.1, -0.05) is 164 Å². The fraction of sp³-hybridized carbons (Fsp3) is 0.0400. The molecule has 8 aromatic rings. The zero-order valence-corrected chi connectivity index (χ0v) is 29.2. The minimum absolute atomic E-state index is 0.669. The Morgan fingerprint density at radius 1 is 0.370 bits per heavy atom. The molecule has 4 heteroatoms. The summed E-state index contributed by atoms with van der Waals surface area (Å²) in [5.41, 5.74) is 11.7. The maximum atomic E-state index is 13.9. The van der Waals surface area contributed by atoms with Gasteiger partial charge < -0.3 is 4.90 Å². The number of hydrogen-bond donors (Lipinski definition) is 0. The number of hydrogen-bond acceptors (Lipinski definition) is 1. The molecule has 1 nitrogen and oxygen atoms in total. The Hall–Kier alpha value is -6.65. The van der Waals surface area contributed by atoms with E-state index < -0.39 is 17.2 Å². The maximum Gasteiger partial charge on any atom is 0.416 e. The Balaban J connectivity index is 1.30. The van der Waals surface area contributed by atoms with Crippen LogP contribution >= 0.6 is 0 Å². The Bertz CT molecular complexity index is 2560. The predicted octanol–water partition coefficient (Wildman–Crippen LogP) is 13.9. The van der Waals surface area contributed by atoms with Crippen molar-refractivity contribution in [2.24, 2.45) is 0 Å². The Morgan fingerprint density at radius 2 is 0.870 bits per heavy atom. The van der Waals surface area contributed by atoms with E-state index in [-0.39, 0.29) is 0 Å². The van der Waals surface area contributed by atoms with Crippen LogP contribution in [0.15, 0.2) is 206 Å². The molecule has 0 amide bonds. The van der Waals surface area contributed by atoms with E-state index in [0.717, 1.165) is 72.7 Å². The van der Waals surface area contributed by atoms with Crippen molar-refractivity contribution in [3.63, 3.8) is 0 Å². The number of nitrogens with zero attached hydrogens (tertiary/aromatic N) is 1. The first-order valence-corrected chi connectivity index (χ1v) is 18.0. The average molecular weight is 706 g/mol. The van der Waals surface area contributed by atoms with Crippen LogP contribution in [-0.4, -0.2) is 0 Å². The summed E-state index contributed by atoms with van der Waals surface area (Å²) >= 11 is 0. The molecule has 1 atom stereocenters. The molecule has 8 aromatic carbocycles. The van der Waals surface area contributed by atoms with Gasteiger partial charge in [0.25, 0.3) is 0 Å². The van der Waals surface area contributed by atoms with Crippen LogP contribution in [0.2, 0.25) is 0 Å². The number of rotatable bonds is 7. The van der Waals surface area contributed by atoms with Crippen molar-refractivity contribution in [2.75, 3.05) is 4.90 Å². The molecule has 260 valence electrons. The molecule has 0 aliphatic heterocycles. The molecular weight excluding hydrogens is 672 g/mol. The summed E-state index contributed by atoms with van der Waals surface area (Å²) in [7, 11) is 0. The van der Waals surface area contributed by atoms with Crippen molar-refractivity contribution in [3.8, 4) is 33.4 Å². The maximum absolute atomic E-state index is 13.9. The number of anilines is 3. The van der Waals surface area contributed by atoms with E-state index in [0.29, 0.717) is 0 Å².